The number of aliphatic carboxylic acids is 1. The van der Waals surface area contributed by atoms with Gasteiger partial charge in [-0.05, 0) is 0 Å². The van der Waals surface area contributed by atoms with Gasteiger partial charge in [0.1, 0.15) is 11.3 Å². The molecule has 0 bridgehead atoms. The van der Waals surface area contributed by atoms with E-state index in [1.165, 1.54) is 0 Å². The highest BCUT2D eigenvalue weighted by atomic mass is 32.2. The van der Waals surface area contributed by atoms with Gasteiger partial charge in [0.15, 0.2) is 0 Å². The lowest BCUT2D eigenvalue weighted by Crippen LogP contribution is -2.46. The lowest BCUT2D eigenvalue weighted by atomic mass is 10.2. The smallest absolute Gasteiger partial charge is 0.327 e. The third kappa shape index (κ3) is 7.26. The van der Waals surface area contributed by atoms with Crippen molar-refractivity contribution >= 4 is 58.3 Å². The molecule has 0 saturated carbocycles. The molecule has 0 saturated heterocycles. The second kappa shape index (κ2) is 11.7. The van der Waals surface area contributed by atoms with E-state index in [2.05, 4.69) is 17.9 Å². The van der Waals surface area contributed by atoms with Crippen molar-refractivity contribution in [2.24, 2.45) is 0 Å². The van der Waals surface area contributed by atoms with Crippen LogP contribution in [0.25, 0.3) is 0 Å². The van der Waals surface area contributed by atoms with E-state index >= 15 is 0 Å². The van der Waals surface area contributed by atoms with Gasteiger partial charge in [-0.3, -0.25) is 14.4 Å². The van der Waals surface area contributed by atoms with Gasteiger partial charge in [-0.25, -0.2) is 4.79 Å². The molecule has 0 radical (unpaired) electrons. The summed E-state index contributed by atoms with van der Waals surface area (Å²) >= 11 is 5.60. The fraction of sp³-hybridized carbons (Fsp3) is 0.200. The van der Waals surface area contributed by atoms with E-state index in [4.69, 9.17) is 5.11 Å². The summed E-state index contributed by atoms with van der Waals surface area (Å²) in [6.45, 7) is 0. The van der Waals surface area contributed by atoms with Gasteiger partial charge in [0.2, 0.25) is 16.1 Å². The Balaban J connectivity index is 2.11. The molecular formula is C20H19NO5S3. The molecule has 152 valence electrons. The number of carboxylic acids is 1. The van der Waals surface area contributed by atoms with Crippen molar-refractivity contribution in [2.45, 2.75) is 11.3 Å². The number of carboxylic acid groups (broad SMARTS) is 1. The number of thiol groups is 1. The van der Waals surface area contributed by atoms with Crippen LogP contribution in [-0.2, 0) is 9.59 Å². The molecule has 2 aromatic rings. The van der Waals surface area contributed by atoms with Crippen molar-refractivity contribution in [1.29, 1.82) is 0 Å². The highest BCUT2D eigenvalue weighted by molar-refractivity contribution is 8.18. The van der Waals surface area contributed by atoms with Crippen molar-refractivity contribution in [3.05, 3.63) is 71.8 Å². The molecule has 0 aliphatic rings. The van der Waals surface area contributed by atoms with Gasteiger partial charge in [-0.15, -0.1) is 0 Å². The Morgan fingerprint density at radius 1 is 0.897 bits per heavy atom. The van der Waals surface area contributed by atoms with Gasteiger partial charge in [0.25, 0.3) is 0 Å². The minimum absolute atomic E-state index is 0.0156. The summed E-state index contributed by atoms with van der Waals surface area (Å²) in [6.07, 6.45) is 0. The summed E-state index contributed by atoms with van der Waals surface area (Å²) in [5.41, 5.74) is 0.897. The van der Waals surface area contributed by atoms with Crippen LogP contribution in [0.3, 0.4) is 0 Å². The highest BCUT2D eigenvalue weighted by Crippen LogP contribution is 2.24. The molecular weight excluding hydrogens is 430 g/mol. The van der Waals surface area contributed by atoms with E-state index in [0.29, 0.717) is 11.1 Å². The largest absolute Gasteiger partial charge is 0.480 e. The molecule has 6 nitrogen and oxygen atoms in total. The van der Waals surface area contributed by atoms with Crippen molar-refractivity contribution in [3.8, 4) is 0 Å². The number of hydrogen-bond donors (Lipinski definition) is 3. The molecule has 9 heteroatoms. The maximum Gasteiger partial charge on any atom is 0.327 e. The number of benzene rings is 2. The Kier molecular flexibility index (Phi) is 9.30. The summed E-state index contributed by atoms with van der Waals surface area (Å²) in [7, 11) is 0. The quantitative estimate of drug-likeness (QED) is 0.506. The molecule has 2 N–H and O–H groups in total. The van der Waals surface area contributed by atoms with Crippen LogP contribution in [0.5, 0.6) is 0 Å². The number of carbonyl (C=O) groups is 4. The maximum atomic E-state index is 12.6. The Hall–Kier alpha value is -2.23. The average molecular weight is 450 g/mol. The van der Waals surface area contributed by atoms with E-state index in [1.54, 1.807) is 60.7 Å². The Morgan fingerprint density at radius 2 is 1.41 bits per heavy atom. The number of nitrogens with one attached hydrogen (secondary N) is 1. The monoisotopic (exact) mass is 449 g/mol. The van der Waals surface area contributed by atoms with Crippen LogP contribution in [0.2, 0.25) is 0 Å². The van der Waals surface area contributed by atoms with Crippen molar-refractivity contribution in [2.75, 3.05) is 11.5 Å². The van der Waals surface area contributed by atoms with E-state index in [-0.39, 0.29) is 21.7 Å². The number of carbonyl (C=O) groups excluding carboxylic acids is 3. The molecule has 0 heterocycles. The molecule has 0 aliphatic carbocycles. The molecule has 2 atom stereocenters. The molecule has 1 amide bonds. The fourth-order valence-electron chi connectivity index (χ4n) is 2.19. The zero-order valence-electron chi connectivity index (χ0n) is 15.2. The van der Waals surface area contributed by atoms with Crippen LogP contribution in [0.4, 0.5) is 0 Å². The molecule has 0 aromatic heterocycles. The van der Waals surface area contributed by atoms with Gasteiger partial charge in [-0.1, -0.05) is 84.2 Å². The first kappa shape index (κ1) is 23.1. The van der Waals surface area contributed by atoms with E-state index in [9.17, 15) is 19.2 Å². The molecule has 1 unspecified atom stereocenters. The third-order valence-electron chi connectivity index (χ3n) is 3.72. The zero-order chi connectivity index (χ0) is 21.2. The Labute approximate surface area is 182 Å². The molecule has 0 spiro atoms. The Bertz CT molecular complexity index is 861. The molecule has 0 aliphatic heterocycles. The maximum absolute atomic E-state index is 12.6. The summed E-state index contributed by atoms with van der Waals surface area (Å²) in [5.74, 6) is -1.93. The lowest BCUT2D eigenvalue weighted by molar-refractivity contribution is -0.140. The predicted octanol–water partition coefficient (Wildman–Crippen LogP) is 3.00. The van der Waals surface area contributed by atoms with Crippen LogP contribution in [0.1, 0.15) is 20.7 Å². The zero-order valence-corrected chi connectivity index (χ0v) is 17.7. The first-order valence-corrected chi connectivity index (χ1v) is 11.0. The molecule has 2 aromatic carbocycles. The fourth-order valence-corrected chi connectivity index (χ4v) is 4.38. The Morgan fingerprint density at radius 3 is 1.90 bits per heavy atom. The standard InChI is InChI=1S/C20H19NO5S3/c22-17(21-15(11-27)18(23)24)16(29-20(26)14-9-5-2-6-10-14)12-28-19(25)13-7-3-1-4-8-13/h1-10,15-16,27H,11-12H2,(H,21,22)(H,23,24)/t15-,16?/m0/s1. The predicted molar refractivity (Wildman–Crippen MR) is 119 cm³/mol. The minimum atomic E-state index is -1.22. The van der Waals surface area contributed by atoms with Gasteiger partial charge in [-0.2, -0.15) is 12.6 Å². The lowest BCUT2D eigenvalue weighted by Gasteiger charge is -2.18. The third-order valence-corrected chi connectivity index (χ3v) is 6.41. The summed E-state index contributed by atoms with van der Waals surface area (Å²) in [6, 6.07) is 15.8. The minimum Gasteiger partial charge on any atom is -0.480 e. The van der Waals surface area contributed by atoms with Crippen LogP contribution in [0, 0.1) is 0 Å². The molecule has 0 fully saturated rings. The van der Waals surface area contributed by atoms with E-state index in [0.717, 1.165) is 23.5 Å². The second-order valence-electron chi connectivity index (χ2n) is 5.81. The van der Waals surface area contributed by atoms with Crippen LogP contribution in [-0.4, -0.2) is 50.0 Å². The first-order chi connectivity index (χ1) is 13.9. The average Bonchev–Trinajstić information content (AvgIpc) is 2.75. The summed E-state index contributed by atoms with van der Waals surface area (Å²) < 4.78 is 0. The van der Waals surface area contributed by atoms with E-state index in [1.807, 2.05) is 0 Å². The second-order valence-corrected chi connectivity index (χ2v) is 8.34. The number of amides is 1. The van der Waals surface area contributed by atoms with Crippen molar-refractivity contribution in [1.82, 2.24) is 5.32 Å². The SMILES string of the molecule is O=C(SCC(SC(=O)c1ccccc1)C(=O)N[C@@H](CS)C(=O)O)c1ccccc1. The van der Waals surface area contributed by atoms with Crippen LogP contribution < -0.4 is 5.32 Å². The van der Waals surface area contributed by atoms with Crippen LogP contribution in [0.15, 0.2) is 60.7 Å². The van der Waals surface area contributed by atoms with Crippen molar-refractivity contribution in [3.63, 3.8) is 0 Å². The molecule has 2 rings (SSSR count). The summed E-state index contributed by atoms with van der Waals surface area (Å²) in [5, 5.41) is 9.99. The number of thioether (sulfide) groups is 2. The van der Waals surface area contributed by atoms with Crippen molar-refractivity contribution < 1.29 is 24.3 Å². The number of hydrogen-bond acceptors (Lipinski definition) is 7. The normalized spacial score (nSPS) is 12.6. The number of rotatable bonds is 9. The van der Waals surface area contributed by atoms with Gasteiger partial charge in [0.05, 0.1) is 0 Å². The molecule has 29 heavy (non-hydrogen) atoms. The van der Waals surface area contributed by atoms with Crippen LogP contribution >= 0.6 is 36.2 Å². The van der Waals surface area contributed by atoms with Gasteiger partial charge < -0.3 is 10.4 Å². The van der Waals surface area contributed by atoms with Gasteiger partial charge in [0, 0.05) is 22.6 Å². The first-order valence-electron chi connectivity index (χ1n) is 8.54. The highest BCUT2D eigenvalue weighted by Gasteiger charge is 2.28. The summed E-state index contributed by atoms with van der Waals surface area (Å²) in [4.78, 5) is 48.7. The van der Waals surface area contributed by atoms with E-state index < -0.39 is 23.2 Å². The topological polar surface area (TPSA) is 101 Å². The van der Waals surface area contributed by atoms with Gasteiger partial charge >= 0.3 is 5.97 Å².